The van der Waals surface area contributed by atoms with Gasteiger partial charge in [-0.1, -0.05) is 36.4 Å². The summed E-state index contributed by atoms with van der Waals surface area (Å²) in [5.41, 5.74) is 1.99. The summed E-state index contributed by atoms with van der Waals surface area (Å²) in [5.74, 6) is -0.171. The first kappa shape index (κ1) is 14.0. The molecule has 1 N–H and O–H groups in total. The normalized spacial score (nSPS) is 21.7. The number of carboxylic acids is 1. The van der Waals surface area contributed by atoms with Crippen molar-refractivity contribution in [1.82, 2.24) is 0 Å². The summed E-state index contributed by atoms with van der Waals surface area (Å²) in [7, 11) is 0. The number of benzene rings is 2. The van der Waals surface area contributed by atoms with Crippen LogP contribution >= 0.6 is 0 Å². The average molecular weight is 308 g/mol. The topological polar surface area (TPSA) is 63.6 Å². The maximum Gasteiger partial charge on any atom is 0.307 e. The monoisotopic (exact) mass is 308 g/mol. The van der Waals surface area contributed by atoms with Gasteiger partial charge < -0.3 is 9.84 Å². The van der Waals surface area contributed by atoms with Crippen molar-refractivity contribution in [2.24, 2.45) is 11.8 Å². The summed E-state index contributed by atoms with van der Waals surface area (Å²) in [4.78, 5) is 23.5. The van der Waals surface area contributed by atoms with E-state index in [4.69, 9.17) is 9.84 Å². The van der Waals surface area contributed by atoms with E-state index in [1.165, 1.54) is 0 Å². The van der Waals surface area contributed by atoms with E-state index in [-0.39, 0.29) is 17.6 Å². The Morgan fingerprint density at radius 3 is 2.04 bits per heavy atom. The van der Waals surface area contributed by atoms with Crippen LogP contribution in [0.4, 0.5) is 0 Å². The first-order valence-corrected chi connectivity index (χ1v) is 7.76. The highest BCUT2D eigenvalue weighted by molar-refractivity contribution is 5.91. The summed E-state index contributed by atoms with van der Waals surface area (Å²) in [6.07, 6.45) is 0.798. The molecule has 0 bridgehead atoms. The molecule has 0 radical (unpaired) electrons. The predicted molar refractivity (Wildman–Crippen MR) is 83.7 cm³/mol. The van der Waals surface area contributed by atoms with E-state index in [1.807, 2.05) is 48.5 Å². The fourth-order valence-corrected chi connectivity index (χ4v) is 3.40. The summed E-state index contributed by atoms with van der Waals surface area (Å²) < 4.78 is 5.92. The summed E-state index contributed by atoms with van der Waals surface area (Å²) in [5, 5.41) is 9.02. The van der Waals surface area contributed by atoms with E-state index in [2.05, 4.69) is 0 Å². The first-order chi connectivity index (χ1) is 11.1. The molecule has 4 nitrogen and oxygen atoms in total. The zero-order chi connectivity index (χ0) is 16.0. The number of hydrogen-bond acceptors (Lipinski definition) is 3. The molecule has 1 aliphatic carbocycles. The number of rotatable bonds is 4. The van der Waals surface area contributed by atoms with E-state index in [9.17, 15) is 9.59 Å². The summed E-state index contributed by atoms with van der Waals surface area (Å²) in [6.45, 7) is 0. The molecule has 2 aromatic rings. The Labute approximate surface area is 133 Å². The molecule has 1 aliphatic heterocycles. The highest BCUT2D eigenvalue weighted by Gasteiger charge is 2.48. The zero-order valence-electron chi connectivity index (χ0n) is 12.4. The first-order valence-electron chi connectivity index (χ1n) is 7.76. The lowest BCUT2D eigenvalue weighted by Crippen LogP contribution is -2.16. The molecule has 0 saturated heterocycles. The van der Waals surface area contributed by atoms with Crippen molar-refractivity contribution in [1.29, 1.82) is 0 Å². The lowest BCUT2D eigenvalue weighted by atomic mass is 9.83. The van der Waals surface area contributed by atoms with Crippen molar-refractivity contribution in [2.45, 2.75) is 18.8 Å². The number of fused-ring (bicyclic) bond motifs is 2. The third kappa shape index (κ3) is 2.40. The molecule has 2 unspecified atom stereocenters. The van der Waals surface area contributed by atoms with Gasteiger partial charge >= 0.3 is 5.97 Å². The second-order valence-corrected chi connectivity index (χ2v) is 6.19. The molecule has 2 aromatic carbocycles. The Hall–Kier alpha value is -2.62. The standard InChI is InChI=1S/C19H16O4/c20-16(14-9-15(14)19(21)22)10-13-11-5-1-3-7-17(11)23-18-8-4-2-6-12(13)18/h1-8,13-15H,9-10H2,(H,21,22). The molecule has 1 saturated carbocycles. The summed E-state index contributed by atoms with van der Waals surface area (Å²) >= 11 is 0. The molecular formula is C19H16O4. The predicted octanol–water partition coefficient (Wildman–Crippen LogP) is 3.60. The SMILES string of the molecule is O=C(O)C1CC1C(=O)CC1c2ccccc2Oc2ccccc21. The summed E-state index contributed by atoms with van der Waals surface area (Å²) in [6, 6.07) is 15.4. The Bertz CT molecular complexity index is 750. The van der Waals surface area contributed by atoms with E-state index >= 15 is 0 Å². The van der Waals surface area contributed by atoms with Crippen LogP contribution in [0, 0.1) is 11.8 Å². The molecule has 0 aromatic heterocycles. The van der Waals surface area contributed by atoms with Crippen molar-refractivity contribution in [3.05, 3.63) is 59.7 Å². The van der Waals surface area contributed by atoms with Crippen LogP contribution in [0.3, 0.4) is 0 Å². The van der Waals surface area contributed by atoms with Crippen LogP contribution in [-0.2, 0) is 9.59 Å². The molecule has 0 amide bonds. The maximum absolute atomic E-state index is 12.5. The number of Topliss-reactive ketones (excluding diaryl/α,β-unsaturated/α-hetero) is 1. The van der Waals surface area contributed by atoms with E-state index in [0.29, 0.717) is 12.8 Å². The van der Waals surface area contributed by atoms with Crippen molar-refractivity contribution in [3.8, 4) is 11.5 Å². The molecule has 23 heavy (non-hydrogen) atoms. The molecule has 1 heterocycles. The molecular weight excluding hydrogens is 292 g/mol. The van der Waals surface area contributed by atoms with Gasteiger partial charge in [-0.3, -0.25) is 9.59 Å². The van der Waals surface area contributed by atoms with Gasteiger partial charge in [0, 0.05) is 29.4 Å². The van der Waals surface area contributed by atoms with Crippen LogP contribution in [-0.4, -0.2) is 16.9 Å². The van der Waals surface area contributed by atoms with Gasteiger partial charge in [0.05, 0.1) is 5.92 Å². The number of carboxylic acid groups (broad SMARTS) is 1. The second kappa shape index (κ2) is 5.23. The van der Waals surface area contributed by atoms with Crippen molar-refractivity contribution in [3.63, 3.8) is 0 Å². The third-order valence-electron chi connectivity index (χ3n) is 4.74. The van der Waals surface area contributed by atoms with Gasteiger partial charge in [-0.15, -0.1) is 0 Å². The molecule has 0 spiro atoms. The Morgan fingerprint density at radius 1 is 0.957 bits per heavy atom. The van der Waals surface area contributed by atoms with Crippen LogP contribution in [0.5, 0.6) is 11.5 Å². The third-order valence-corrected chi connectivity index (χ3v) is 4.74. The van der Waals surface area contributed by atoms with Crippen molar-refractivity contribution < 1.29 is 19.4 Å². The van der Waals surface area contributed by atoms with Crippen LogP contribution in [0.15, 0.2) is 48.5 Å². The molecule has 116 valence electrons. The van der Waals surface area contributed by atoms with Gasteiger partial charge in [-0.05, 0) is 18.6 Å². The van der Waals surface area contributed by atoms with Gasteiger partial charge in [0.25, 0.3) is 0 Å². The molecule has 4 rings (SSSR count). The highest BCUT2D eigenvalue weighted by Crippen LogP contribution is 2.48. The van der Waals surface area contributed by atoms with Crippen LogP contribution in [0.1, 0.15) is 29.9 Å². The van der Waals surface area contributed by atoms with E-state index in [1.54, 1.807) is 0 Å². The van der Waals surface area contributed by atoms with Crippen molar-refractivity contribution >= 4 is 11.8 Å². The number of carbonyl (C=O) groups is 2. The Morgan fingerprint density at radius 2 is 1.52 bits per heavy atom. The van der Waals surface area contributed by atoms with E-state index < -0.39 is 11.9 Å². The second-order valence-electron chi connectivity index (χ2n) is 6.19. The number of para-hydroxylation sites is 2. The van der Waals surface area contributed by atoms with Gasteiger partial charge in [0.2, 0.25) is 0 Å². The van der Waals surface area contributed by atoms with Crippen LogP contribution < -0.4 is 4.74 Å². The largest absolute Gasteiger partial charge is 0.481 e. The quantitative estimate of drug-likeness (QED) is 0.937. The minimum atomic E-state index is -0.865. The number of aliphatic carboxylic acids is 1. The minimum Gasteiger partial charge on any atom is -0.481 e. The lowest BCUT2D eigenvalue weighted by Gasteiger charge is -2.27. The number of ketones is 1. The van der Waals surface area contributed by atoms with Gasteiger partial charge in [0.15, 0.2) is 0 Å². The molecule has 4 heteroatoms. The average Bonchev–Trinajstić information content (AvgIpc) is 3.35. The molecule has 2 atom stereocenters. The number of ether oxygens (including phenoxy) is 1. The number of carbonyl (C=O) groups excluding carboxylic acids is 1. The van der Waals surface area contributed by atoms with Gasteiger partial charge in [-0.25, -0.2) is 0 Å². The molecule has 2 aliphatic rings. The molecule has 1 fully saturated rings. The van der Waals surface area contributed by atoms with Crippen molar-refractivity contribution in [2.75, 3.05) is 0 Å². The van der Waals surface area contributed by atoms with E-state index in [0.717, 1.165) is 22.6 Å². The smallest absolute Gasteiger partial charge is 0.307 e. The Balaban J connectivity index is 1.65. The minimum absolute atomic E-state index is 0.0360. The fraction of sp³-hybridized carbons (Fsp3) is 0.263. The van der Waals surface area contributed by atoms with Gasteiger partial charge in [-0.2, -0.15) is 0 Å². The maximum atomic E-state index is 12.5. The van der Waals surface area contributed by atoms with Crippen LogP contribution in [0.25, 0.3) is 0 Å². The highest BCUT2D eigenvalue weighted by atomic mass is 16.5. The Kier molecular flexibility index (Phi) is 3.18. The zero-order valence-corrected chi connectivity index (χ0v) is 12.4. The van der Waals surface area contributed by atoms with Gasteiger partial charge in [0.1, 0.15) is 17.3 Å². The number of hydrogen-bond donors (Lipinski definition) is 1. The fourth-order valence-electron chi connectivity index (χ4n) is 3.40. The van der Waals surface area contributed by atoms with Crippen LogP contribution in [0.2, 0.25) is 0 Å². The lowest BCUT2D eigenvalue weighted by molar-refractivity contribution is -0.140.